The Balaban J connectivity index is 1.99. The number of hydrogen-bond donors (Lipinski definition) is 0. The summed E-state index contributed by atoms with van der Waals surface area (Å²) in [6.07, 6.45) is 20.8. The van der Waals surface area contributed by atoms with Crippen molar-refractivity contribution in [2.45, 2.75) is 68.5 Å². The molecule has 0 spiro atoms. The highest BCUT2D eigenvalue weighted by atomic mass is 35.5. The summed E-state index contributed by atoms with van der Waals surface area (Å²) >= 11 is 13.5. The van der Waals surface area contributed by atoms with Crippen LogP contribution in [0.25, 0.3) is 0 Å². The van der Waals surface area contributed by atoms with Gasteiger partial charge in [-0.1, -0.05) is 74.3 Å². The summed E-state index contributed by atoms with van der Waals surface area (Å²) in [7, 11) is 0. The van der Waals surface area contributed by atoms with Crippen LogP contribution in [0.5, 0.6) is 0 Å². The molecule has 2 atom stereocenters. The second-order valence-electron chi connectivity index (χ2n) is 6.34. The lowest BCUT2D eigenvalue weighted by Gasteiger charge is -2.26. The molecule has 0 aromatic heterocycles. The monoisotopic (exact) mass is 324 g/mol. The van der Waals surface area contributed by atoms with Gasteiger partial charge in [0.1, 0.15) is 0 Å². The van der Waals surface area contributed by atoms with E-state index in [1.165, 1.54) is 36.8 Å². The van der Waals surface area contributed by atoms with Gasteiger partial charge < -0.3 is 0 Å². The molecule has 0 nitrogen and oxygen atoms in total. The normalized spacial score (nSPS) is 30.9. The molecule has 0 saturated carbocycles. The first-order valence-electron chi connectivity index (χ1n) is 8.18. The predicted octanol–water partition coefficient (Wildman–Crippen LogP) is 6.70. The zero-order valence-corrected chi connectivity index (χ0v) is 14.7. The van der Waals surface area contributed by atoms with Crippen LogP contribution in [0.15, 0.2) is 47.6 Å². The third-order valence-corrected chi connectivity index (χ3v) is 4.92. The standard InChI is InChI=1S/C19H26Cl2/c1-3-5-7-16-9-11-18(20,13-16)15-19(21)12-10-17(14-19)8-6-4-2/h9-14H,3-8,15H2,1-2H3. The predicted molar refractivity (Wildman–Crippen MR) is 95.3 cm³/mol. The van der Waals surface area contributed by atoms with Gasteiger partial charge in [0.15, 0.2) is 0 Å². The Kier molecular flexibility index (Phi) is 5.80. The topological polar surface area (TPSA) is 0 Å². The summed E-state index contributed by atoms with van der Waals surface area (Å²) in [5.41, 5.74) is 2.70. The molecule has 0 radical (unpaired) electrons. The molecule has 0 fully saturated rings. The summed E-state index contributed by atoms with van der Waals surface area (Å²) < 4.78 is 0. The third-order valence-electron chi connectivity index (χ3n) is 4.18. The van der Waals surface area contributed by atoms with Crippen LogP contribution in [-0.4, -0.2) is 9.75 Å². The molecule has 0 aromatic carbocycles. The Bertz CT molecular complexity index is 440. The summed E-state index contributed by atoms with van der Waals surface area (Å²) in [6.45, 7) is 4.43. The number of alkyl halides is 2. The Labute approximate surface area is 139 Å². The largest absolute Gasteiger partial charge is 0.110 e. The highest BCUT2D eigenvalue weighted by molar-refractivity contribution is 6.30. The minimum Gasteiger partial charge on any atom is -0.110 e. The maximum Gasteiger partial charge on any atom is 0.0837 e. The van der Waals surface area contributed by atoms with Gasteiger partial charge in [-0.3, -0.25) is 0 Å². The molecule has 2 aliphatic carbocycles. The van der Waals surface area contributed by atoms with E-state index in [1.54, 1.807) is 0 Å². The maximum atomic E-state index is 6.76. The maximum absolute atomic E-state index is 6.76. The lowest BCUT2D eigenvalue weighted by atomic mass is 9.94. The molecule has 0 saturated heterocycles. The molecule has 0 bridgehead atoms. The first-order chi connectivity index (χ1) is 9.99. The first-order valence-corrected chi connectivity index (χ1v) is 8.94. The molecule has 0 aromatic rings. The van der Waals surface area contributed by atoms with Crippen LogP contribution >= 0.6 is 23.2 Å². The molecule has 2 rings (SSSR count). The molecule has 0 amide bonds. The van der Waals surface area contributed by atoms with Crippen molar-refractivity contribution in [1.82, 2.24) is 0 Å². The van der Waals surface area contributed by atoms with E-state index in [9.17, 15) is 0 Å². The Morgan fingerprint density at radius 3 is 1.62 bits per heavy atom. The van der Waals surface area contributed by atoms with E-state index in [1.807, 2.05) is 0 Å². The molecule has 2 heteroatoms. The van der Waals surface area contributed by atoms with Gasteiger partial charge in [-0.2, -0.15) is 0 Å². The van der Waals surface area contributed by atoms with Gasteiger partial charge in [0.25, 0.3) is 0 Å². The van der Waals surface area contributed by atoms with E-state index in [0.29, 0.717) is 0 Å². The van der Waals surface area contributed by atoms with E-state index >= 15 is 0 Å². The van der Waals surface area contributed by atoms with Crippen molar-refractivity contribution in [3.05, 3.63) is 47.6 Å². The minimum absolute atomic E-state index is 0.425. The quantitative estimate of drug-likeness (QED) is 0.435. The van der Waals surface area contributed by atoms with Crippen molar-refractivity contribution in [3.63, 3.8) is 0 Å². The van der Waals surface area contributed by atoms with E-state index in [0.717, 1.165) is 19.3 Å². The first kappa shape index (κ1) is 16.9. The number of halogens is 2. The molecule has 0 aliphatic heterocycles. The van der Waals surface area contributed by atoms with Crippen molar-refractivity contribution in [1.29, 1.82) is 0 Å². The molecule has 2 unspecified atom stereocenters. The second-order valence-corrected chi connectivity index (χ2v) is 7.75. The third kappa shape index (κ3) is 4.76. The fourth-order valence-corrected chi connectivity index (χ4v) is 3.92. The lowest BCUT2D eigenvalue weighted by molar-refractivity contribution is 0.686. The summed E-state index contributed by atoms with van der Waals surface area (Å²) in [6, 6.07) is 0. The van der Waals surface area contributed by atoms with Gasteiger partial charge in [0.05, 0.1) is 9.75 Å². The van der Waals surface area contributed by atoms with E-state index in [-0.39, 0.29) is 0 Å². The number of allylic oxidation sites excluding steroid dienone is 8. The average molecular weight is 325 g/mol. The zero-order valence-electron chi connectivity index (χ0n) is 13.2. The van der Waals surface area contributed by atoms with E-state index < -0.39 is 9.75 Å². The second kappa shape index (κ2) is 7.20. The Morgan fingerprint density at radius 2 is 1.24 bits per heavy atom. The van der Waals surface area contributed by atoms with Crippen molar-refractivity contribution in [2.24, 2.45) is 0 Å². The minimum atomic E-state index is -0.425. The summed E-state index contributed by atoms with van der Waals surface area (Å²) in [5, 5.41) is 0. The van der Waals surface area contributed by atoms with Gasteiger partial charge >= 0.3 is 0 Å². The Hall–Kier alpha value is -0.460. The van der Waals surface area contributed by atoms with Gasteiger partial charge in [0, 0.05) is 0 Å². The zero-order chi connectivity index (χ0) is 15.3. The molecule has 0 N–H and O–H groups in total. The summed E-state index contributed by atoms with van der Waals surface area (Å²) in [4.78, 5) is -0.849. The van der Waals surface area contributed by atoms with Crippen LogP contribution < -0.4 is 0 Å². The molecule has 21 heavy (non-hydrogen) atoms. The van der Waals surface area contributed by atoms with Crippen LogP contribution in [0.1, 0.15) is 58.8 Å². The van der Waals surface area contributed by atoms with Gasteiger partial charge in [-0.25, -0.2) is 0 Å². The van der Waals surface area contributed by atoms with Crippen LogP contribution in [-0.2, 0) is 0 Å². The smallest absolute Gasteiger partial charge is 0.0837 e. The van der Waals surface area contributed by atoms with Crippen molar-refractivity contribution in [2.75, 3.05) is 0 Å². The molecule has 2 aliphatic rings. The van der Waals surface area contributed by atoms with Crippen LogP contribution in [0.4, 0.5) is 0 Å². The fourth-order valence-electron chi connectivity index (χ4n) is 3.01. The highest BCUT2D eigenvalue weighted by Crippen LogP contribution is 2.43. The SMILES string of the molecule is CCCCC1=CC(Cl)(CC2(Cl)C=CC(CCCC)=C2)C=C1. The molecule has 0 heterocycles. The van der Waals surface area contributed by atoms with Gasteiger partial charge in [-0.15, -0.1) is 23.2 Å². The van der Waals surface area contributed by atoms with Crippen LogP contribution in [0.2, 0.25) is 0 Å². The average Bonchev–Trinajstić information content (AvgIpc) is 2.98. The highest BCUT2D eigenvalue weighted by Gasteiger charge is 2.37. The van der Waals surface area contributed by atoms with Crippen molar-refractivity contribution in [3.8, 4) is 0 Å². The lowest BCUT2D eigenvalue weighted by Crippen LogP contribution is -2.26. The van der Waals surface area contributed by atoms with Gasteiger partial charge in [-0.05, 0) is 32.1 Å². The number of rotatable bonds is 8. The van der Waals surface area contributed by atoms with E-state index in [2.05, 4.69) is 50.3 Å². The van der Waals surface area contributed by atoms with E-state index in [4.69, 9.17) is 23.2 Å². The fraction of sp³-hybridized carbons (Fsp3) is 0.579. The van der Waals surface area contributed by atoms with Crippen LogP contribution in [0.3, 0.4) is 0 Å². The summed E-state index contributed by atoms with van der Waals surface area (Å²) in [5.74, 6) is 0. The Morgan fingerprint density at radius 1 is 0.810 bits per heavy atom. The number of hydrogen-bond acceptors (Lipinski definition) is 0. The van der Waals surface area contributed by atoms with Gasteiger partial charge in [0.2, 0.25) is 0 Å². The van der Waals surface area contributed by atoms with Crippen LogP contribution in [0, 0.1) is 0 Å². The molecular formula is C19H26Cl2. The molecule has 116 valence electrons. The molecular weight excluding hydrogens is 299 g/mol. The van der Waals surface area contributed by atoms with Crippen molar-refractivity contribution < 1.29 is 0 Å². The number of unbranched alkanes of at least 4 members (excludes halogenated alkanes) is 2. The van der Waals surface area contributed by atoms with Crippen molar-refractivity contribution >= 4 is 23.2 Å².